The van der Waals surface area contributed by atoms with Gasteiger partial charge >= 0.3 is 0 Å². The van der Waals surface area contributed by atoms with Crippen LogP contribution in [0.15, 0.2) is 72.8 Å². The van der Waals surface area contributed by atoms with Crippen LogP contribution in [-0.2, 0) is 4.79 Å². The standard InChI is InChI=1S/C22H23NO2/c1-3-23(20-11-5-4-6-12-20)22(25)16(2)21(24)19-14-13-17-9-7-8-10-18(17)15-19/h4-16,21,24H,3H2,1-2H3/t16-,21+/m1/s1. The van der Waals surface area contributed by atoms with Crippen LogP contribution in [0, 0.1) is 5.92 Å². The van der Waals surface area contributed by atoms with Gasteiger partial charge in [0.2, 0.25) is 5.91 Å². The SMILES string of the molecule is CCN(C(=O)[C@H](C)[C@H](O)c1ccc2ccccc2c1)c1ccccc1. The lowest BCUT2D eigenvalue weighted by Gasteiger charge is -2.27. The first kappa shape index (κ1) is 17.2. The van der Waals surface area contributed by atoms with Gasteiger partial charge in [0.15, 0.2) is 0 Å². The maximum absolute atomic E-state index is 12.9. The summed E-state index contributed by atoms with van der Waals surface area (Å²) in [6, 6.07) is 23.4. The largest absolute Gasteiger partial charge is 0.388 e. The maximum Gasteiger partial charge on any atom is 0.232 e. The van der Waals surface area contributed by atoms with Crippen LogP contribution in [0.2, 0.25) is 0 Å². The molecule has 0 radical (unpaired) electrons. The van der Waals surface area contributed by atoms with E-state index in [4.69, 9.17) is 0 Å². The number of hydrogen-bond acceptors (Lipinski definition) is 2. The molecule has 3 aromatic rings. The first-order chi connectivity index (χ1) is 12.1. The monoisotopic (exact) mass is 333 g/mol. The zero-order valence-corrected chi connectivity index (χ0v) is 14.6. The number of aliphatic hydroxyl groups is 1. The van der Waals surface area contributed by atoms with Crippen molar-refractivity contribution >= 4 is 22.4 Å². The molecule has 0 bridgehead atoms. The second kappa shape index (κ2) is 7.49. The lowest BCUT2D eigenvalue weighted by Crippen LogP contribution is -2.37. The Morgan fingerprint density at radius 3 is 2.28 bits per heavy atom. The van der Waals surface area contributed by atoms with Crippen molar-refractivity contribution in [2.24, 2.45) is 5.92 Å². The molecule has 0 aliphatic carbocycles. The molecule has 2 atom stereocenters. The van der Waals surface area contributed by atoms with Gasteiger partial charge in [0.05, 0.1) is 12.0 Å². The number of fused-ring (bicyclic) bond motifs is 1. The molecule has 0 spiro atoms. The molecule has 0 unspecified atom stereocenters. The quantitative estimate of drug-likeness (QED) is 0.743. The molecule has 0 aliphatic rings. The van der Waals surface area contributed by atoms with E-state index < -0.39 is 12.0 Å². The molecule has 3 rings (SSSR count). The number of anilines is 1. The third-order valence-electron chi connectivity index (χ3n) is 4.63. The molecule has 128 valence electrons. The molecule has 0 aromatic heterocycles. The number of carbonyl (C=O) groups excluding carboxylic acids is 1. The summed E-state index contributed by atoms with van der Waals surface area (Å²) in [7, 11) is 0. The summed E-state index contributed by atoms with van der Waals surface area (Å²) in [5, 5.41) is 12.9. The van der Waals surface area contributed by atoms with Crippen LogP contribution in [0.3, 0.4) is 0 Å². The van der Waals surface area contributed by atoms with Crippen LogP contribution in [0.4, 0.5) is 5.69 Å². The lowest BCUT2D eigenvalue weighted by molar-refractivity contribution is -0.125. The number of para-hydroxylation sites is 1. The predicted molar refractivity (Wildman–Crippen MR) is 103 cm³/mol. The van der Waals surface area contributed by atoms with Crippen LogP contribution < -0.4 is 4.90 Å². The van der Waals surface area contributed by atoms with E-state index in [1.54, 1.807) is 11.8 Å². The summed E-state index contributed by atoms with van der Waals surface area (Å²) in [5.74, 6) is -0.601. The van der Waals surface area contributed by atoms with Crippen LogP contribution in [0.25, 0.3) is 10.8 Å². The zero-order valence-electron chi connectivity index (χ0n) is 14.6. The minimum absolute atomic E-state index is 0.0747. The van der Waals surface area contributed by atoms with Gasteiger partial charge in [0.1, 0.15) is 0 Å². The Balaban J connectivity index is 1.84. The highest BCUT2D eigenvalue weighted by molar-refractivity contribution is 5.95. The zero-order chi connectivity index (χ0) is 17.8. The molecule has 1 amide bonds. The van der Waals surface area contributed by atoms with Crippen LogP contribution in [0.5, 0.6) is 0 Å². The lowest BCUT2D eigenvalue weighted by atomic mass is 9.94. The van der Waals surface area contributed by atoms with Crippen molar-refractivity contribution in [1.82, 2.24) is 0 Å². The van der Waals surface area contributed by atoms with Gasteiger partial charge in [0.25, 0.3) is 0 Å². The average molecular weight is 333 g/mol. The third-order valence-corrected chi connectivity index (χ3v) is 4.63. The van der Waals surface area contributed by atoms with Crippen molar-refractivity contribution in [2.45, 2.75) is 20.0 Å². The molecule has 0 saturated heterocycles. The van der Waals surface area contributed by atoms with Crippen LogP contribution in [-0.4, -0.2) is 17.6 Å². The number of rotatable bonds is 5. The fourth-order valence-corrected chi connectivity index (χ4v) is 3.13. The Morgan fingerprint density at radius 2 is 1.60 bits per heavy atom. The smallest absolute Gasteiger partial charge is 0.232 e. The van der Waals surface area contributed by atoms with Gasteiger partial charge in [-0.2, -0.15) is 0 Å². The number of benzene rings is 3. The van der Waals surface area contributed by atoms with Gasteiger partial charge in [-0.3, -0.25) is 4.79 Å². The van der Waals surface area contributed by atoms with E-state index in [1.165, 1.54) is 0 Å². The van der Waals surface area contributed by atoms with Gasteiger partial charge in [0, 0.05) is 12.2 Å². The first-order valence-corrected chi connectivity index (χ1v) is 8.65. The Bertz CT molecular complexity index is 860. The van der Waals surface area contributed by atoms with Crippen molar-refractivity contribution in [1.29, 1.82) is 0 Å². The van der Waals surface area contributed by atoms with E-state index in [-0.39, 0.29) is 5.91 Å². The highest BCUT2D eigenvalue weighted by Gasteiger charge is 2.28. The fraction of sp³-hybridized carbons (Fsp3) is 0.227. The van der Waals surface area contributed by atoms with E-state index in [1.807, 2.05) is 79.7 Å². The van der Waals surface area contributed by atoms with Crippen molar-refractivity contribution in [2.75, 3.05) is 11.4 Å². The highest BCUT2D eigenvalue weighted by Crippen LogP contribution is 2.28. The molecule has 3 heteroatoms. The molecule has 0 saturated carbocycles. The molecular formula is C22H23NO2. The van der Waals surface area contributed by atoms with E-state index in [9.17, 15) is 9.90 Å². The fourth-order valence-electron chi connectivity index (χ4n) is 3.13. The molecule has 3 nitrogen and oxygen atoms in total. The van der Waals surface area contributed by atoms with E-state index in [0.717, 1.165) is 22.0 Å². The van der Waals surface area contributed by atoms with Crippen molar-refractivity contribution < 1.29 is 9.90 Å². The second-order valence-electron chi connectivity index (χ2n) is 6.26. The molecule has 0 fully saturated rings. The summed E-state index contributed by atoms with van der Waals surface area (Å²) >= 11 is 0. The molecule has 0 heterocycles. The summed E-state index contributed by atoms with van der Waals surface area (Å²) in [5.41, 5.74) is 1.62. The van der Waals surface area contributed by atoms with E-state index in [2.05, 4.69) is 0 Å². The molecule has 0 aliphatic heterocycles. The number of nitrogens with zero attached hydrogens (tertiary/aromatic N) is 1. The number of hydrogen-bond donors (Lipinski definition) is 1. The summed E-state index contributed by atoms with van der Waals surface area (Å²) < 4.78 is 0. The van der Waals surface area contributed by atoms with Crippen molar-refractivity contribution in [3.63, 3.8) is 0 Å². The Labute approximate surface area is 148 Å². The Morgan fingerprint density at radius 1 is 0.960 bits per heavy atom. The number of carbonyl (C=O) groups is 1. The van der Waals surface area contributed by atoms with Gasteiger partial charge in [-0.1, -0.05) is 61.5 Å². The molecule has 1 N–H and O–H groups in total. The van der Waals surface area contributed by atoms with Gasteiger partial charge in [-0.05, 0) is 41.5 Å². The Kier molecular flexibility index (Phi) is 5.15. The van der Waals surface area contributed by atoms with E-state index >= 15 is 0 Å². The molecular weight excluding hydrogens is 310 g/mol. The highest BCUT2D eigenvalue weighted by atomic mass is 16.3. The normalized spacial score (nSPS) is 13.4. The summed E-state index contributed by atoms with van der Waals surface area (Å²) in [4.78, 5) is 14.6. The average Bonchev–Trinajstić information content (AvgIpc) is 2.67. The van der Waals surface area contributed by atoms with Crippen LogP contribution in [0.1, 0.15) is 25.5 Å². The van der Waals surface area contributed by atoms with E-state index in [0.29, 0.717) is 6.54 Å². The molecule has 3 aromatic carbocycles. The minimum atomic E-state index is -0.838. The maximum atomic E-state index is 12.9. The van der Waals surface area contributed by atoms with Gasteiger partial charge in [-0.15, -0.1) is 0 Å². The number of aliphatic hydroxyl groups excluding tert-OH is 1. The number of amides is 1. The first-order valence-electron chi connectivity index (χ1n) is 8.65. The Hall–Kier alpha value is -2.65. The second-order valence-corrected chi connectivity index (χ2v) is 6.26. The van der Waals surface area contributed by atoms with Crippen molar-refractivity contribution in [3.8, 4) is 0 Å². The molecule has 25 heavy (non-hydrogen) atoms. The minimum Gasteiger partial charge on any atom is -0.388 e. The topological polar surface area (TPSA) is 40.5 Å². The van der Waals surface area contributed by atoms with Crippen LogP contribution >= 0.6 is 0 Å². The summed E-state index contributed by atoms with van der Waals surface area (Å²) in [6.45, 7) is 4.30. The van der Waals surface area contributed by atoms with Gasteiger partial charge in [-0.25, -0.2) is 0 Å². The summed E-state index contributed by atoms with van der Waals surface area (Å²) in [6.07, 6.45) is -0.838. The van der Waals surface area contributed by atoms with Gasteiger partial charge < -0.3 is 10.0 Å². The van der Waals surface area contributed by atoms with Crippen molar-refractivity contribution in [3.05, 3.63) is 78.4 Å². The predicted octanol–water partition coefficient (Wildman–Crippen LogP) is 4.56. The third kappa shape index (κ3) is 3.57.